The second-order valence-corrected chi connectivity index (χ2v) is 5.40. The Hall–Kier alpha value is -1.88. The Balaban J connectivity index is 1.86. The van der Waals surface area contributed by atoms with E-state index in [4.69, 9.17) is 5.73 Å². The first-order valence-electron chi connectivity index (χ1n) is 7.42. The highest BCUT2D eigenvalue weighted by atomic mass is 16.2. The average Bonchev–Trinajstić information content (AvgIpc) is 2.50. The lowest BCUT2D eigenvalue weighted by Gasteiger charge is -2.35. The van der Waals surface area contributed by atoms with Crippen LogP contribution in [0.3, 0.4) is 0 Å². The van der Waals surface area contributed by atoms with Crippen molar-refractivity contribution in [2.75, 3.05) is 32.7 Å². The molecule has 2 rings (SSSR count). The molecule has 0 radical (unpaired) electrons. The standard InChI is InChI=1S/C16H23N3O2/c1-13-4-2-3-5-14(13)12-16(21)19-10-8-18(9-11-19)15(20)6-7-17/h2-5H,6-12,17H2,1H3. The summed E-state index contributed by atoms with van der Waals surface area (Å²) in [5.41, 5.74) is 7.61. The Morgan fingerprint density at radius 1 is 1.05 bits per heavy atom. The molecule has 1 aliphatic heterocycles. The first-order valence-corrected chi connectivity index (χ1v) is 7.42. The van der Waals surface area contributed by atoms with Gasteiger partial charge in [-0.3, -0.25) is 9.59 Å². The van der Waals surface area contributed by atoms with Crippen molar-refractivity contribution in [2.24, 2.45) is 5.73 Å². The fourth-order valence-electron chi connectivity index (χ4n) is 2.57. The second kappa shape index (κ2) is 7.22. The van der Waals surface area contributed by atoms with Crippen molar-refractivity contribution in [3.63, 3.8) is 0 Å². The normalized spacial score (nSPS) is 15.1. The van der Waals surface area contributed by atoms with Gasteiger partial charge in [-0.05, 0) is 18.1 Å². The summed E-state index contributed by atoms with van der Waals surface area (Å²) in [6.07, 6.45) is 0.820. The number of nitrogens with two attached hydrogens (primary N) is 1. The third-order valence-corrected chi connectivity index (χ3v) is 3.95. The molecule has 0 spiro atoms. The van der Waals surface area contributed by atoms with E-state index >= 15 is 0 Å². The van der Waals surface area contributed by atoms with Crippen LogP contribution in [0.1, 0.15) is 17.5 Å². The zero-order valence-electron chi connectivity index (χ0n) is 12.5. The van der Waals surface area contributed by atoms with Gasteiger partial charge in [0.05, 0.1) is 6.42 Å². The maximum Gasteiger partial charge on any atom is 0.227 e. The SMILES string of the molecule is Cc1ccccc1CC(=O)N1CCN(C(=O)CCN)CC1. The second-order valence-electron chi connectivity index (χ2n) is 5.40. The van der Waals surface area contributed by atoms with Crippen molar-refractivity contribution >= 4 is 11.8 Å². The van der Waals surface area contributed by atoms with E-state index in [0.717, 1.165) is 11.1 Å². The van der Waals surface area contributed by atoms with E-state index in [1.807, 2.05) is 36.1 Å². The van der Waals surface area contributed by atoms with Crippen LogP contribution in [0.4, 0.5) is 0 Å². The molecule has 0 bridgehead atoms. The molecule has 1 aromatic carbocycles. The van der Waals surface area contributed by atoms with Crippen molar-refractivity contribution in [3.05, 3.63) is 35.4 Å². The number of hydrogen-bond donors (Lipinski definition) is 1. The molecule has 1 aromatic rings. The van der Waals surface area contributed by atoms with Crippen LogP contribution in [0.2, 0.25) is 0 Å². The third kappa shape index (κ3) is 4.04. The van der Waals surface area contributed by atoms with Crippen molar-refractivity contribution < 1.29 is 9.59 Å². The van der Waals surface area contributed by atoms with Crippen molar-refractivity contribution in [3.8, 4) is 0 Å². The average molecular weight is 289 g/mol. The van der Waals surface area contributed by atoms with E-state index in [2.05, 4.69) is 0 Å². The number of amides is 2. The molecule has 1 fully saturated rings. The molecular formula is C16H23N3O2. The fraction of sp³-hybridized carbons (Fsp3) is 0.500. The molecule has 1 aliphatic rings. The quantitative estimate of drug-likeness (QED) is 0.880. The highest BCUT2D eigenvalue weighted by Crippen LogP contribution is 2.11. The Morgan fingerprint density at radius 3 is 2.19 bits per heavy atom. The molecule has 0 aliphatic carbocycles. The summed E-state index contributed by atoms with van der Waals surface area (Å²) in [4.78, 5) is 27.7. The summed E-state index contributed by atoms with van der Waals surface area (Å²) < 4.78 is 0. The van der Waals surface area contributed by atoms with E-state index in [1.54, 1.807) is 4.90 Å². The Labute approximate surface area is 125 Å². The molecule has 0 saturated carbocycles. The van der Waals surface area contributed by atoms with Crippen molar-refractivity contribution in [1.29, 1.82) is 0 Å². The summed E-state index contributed by atoms with van der Waals surface area (Å²) in [6.45, 7) is 4.84. The molecule has 0 aromatic heterocycles. The summed E-state index contributed by atoms with van der Waals surface area (Å²) in [5.74, 6) is 0.221. The highest BCUT2D eigenvalue weighted by Gasteiger charge is 2.23. The summed E-state index contributed by atoms with van der Waals surface area (Å²) in [6, 6.07) is 7.95. The van der Waals surface area contributed by atoms with Gasteiger partial charge in [0.15, 0.2) is 0 Å². The third-order valence-electron chi connectivity index (χ3n) is 3.95. The van der Waals surface area contributed by atoms with Gasteiger partial charge in [-0.15, -0.1) is 0 Å². The number of nitrogens with zero attached hydrogens (tertiary/aromatic N) is 2. The van der Waals surface area contributed by atoms with Gasteiger partial charge in [0.1, 0.15) is 0 Å². The van der Waals surface area contributed by atoms with Crippen LogP contribution < -0.4 is 5.73 Å². The van der Waals surface area contributed by atoms with Gasteiger partial charge < -0.3 is 15.5 Å². The van der Waals surface area contributed by atoms with Crippen LogP contribution in [0, 0.1) is 6.92 Å². The molecular weight excluding hydrogens is 266 g/mol. The minimum Gasteiger partial charge on any atom is -0.339 e. The van der Waals surface area contributed by atoms with Gasteiger partial charge >= 0.3 is 0 Å². The van der Waals surface area contributed by atoms with Crippen LogP contribution in [-0.4, -0.2) is 54.3 Å². The van der Waals surface area contributed by atoms with Crippen LogP contribution in [-0.2, 0) is 16.0 Å². The van der Waals surface area contributed by atoms with E-state index in [9.17, 15) is 9.59 Å². The lowest BCUT2D eigenvalue weighted by Crippen LogP contribution is -2.51. The van der Waals surface area contributed by atoms with Crippen LogP contribution in [0.15, 0.2) is 24.3 Å². The lowest BCUT2D eigenvalue weighted by atomic mass is 10.1. The van der Waals surface area contributed by atoms with E-state index in [-0.39, 0.29) is 11.8 Å². The highest BCUT2D eigenvalue weighted by molar-refractivity contribution is 5.80. The van der Waals surface area contributed by atoms with Gasteiger partial charge in [0, 0.05) is 39.1 Å². The van der Waals surface area contributed by atoms with Gasteiger partial charge in [0.2, 0.25) is 11.8 Å². The largest absolute Gasteiger partial charge is 0.339 e. The molecule has 5 nitrogen and oxygen atoms in total. The minimum atomic E-state index is 0.0866. The summed E-state index contributed by atoms with van der Waals surface area (Å²) in [5, 5.41) is 0. The topological polar surface area (TPSA) is 66.6 Å². The fourth-order valence-corrected chi connectivity index (χ4v) is 2.57. The molecule has 2 N–H and O–H groups in total. The first-order chi connectivity index (χ1) is 10.1. The zero-order chi connectivity index (χ0) is 15.2. The number of aryl methyl sites for hydroxylation is 1. The zero-order valence-corrected chi connectivity index (χ0v) is 12.5. The molecule has 2 amide bonds. The Morgan fingerprint density at radius 2 is 1.62 bits per heavy atom. The summed E-state index contributed by atoms with van der Waals surface area (Å²) >= 11 is 0. The van der Waals surface area contributed by atoms with Gasteiger partial charge in [-0.25, -0.2) is 0 Å². The summed E-state index contributed by atoms with van der Waals surface area (Å²) in [7, 11) is 0. The van der Waals surface area contributed by atoms with Crippen molar-refractivity contribution in [2.45, 2.75) is 19.8 Å². The van der Waals surface area contributed by atoms with Crippen LogP contribution in [0.5, 0.6) is 0 Å². The maximum absolute atomic E-state index is 12.3. The minimum absolute atomic E-state index is 0.0866. The number of benzene rings is 1. The van der Waals surface area contributed by atoms with Gasteiger partial charge in [0.25, 0.3) is 0 Å². The predicted molar refractivity (Wildman–Crippen MR) is 81.7 cm³/mol. The number of carbonyl (C=O) groups is 2. The van der Waals surface area contributed by atoms with Crippen LogP contribution in [0.25, 0.3) is 0 Å². The smallest absolute Gasteiger partial charge is 0.227 e. The number of piperazine rings is 1. The number of rotatable bonds is 4. The molecule has 21 heavy (non-hydrogen) atoms. The Bertz CT molecular complexity index is 508. The molecule has 0 atom stereocenters. The monoisotopic (exact) mass is 289 g/mol. The maximum atomic E-state index is 12.3. The molecule has 5 heteroatoms. The first kappa shape index (κ1) is 15.5. The van der Waals surface area contributed by atoms with E-state index < -0.39 is 0 Å². The number of hydrogen-bond acceptors (Lipinski definition) is 3. The predicted octanol–water partition coefficient (Wildman–Crippen LogP) is 0.557. The molecule has 114 valence electrons. The Kier molecular flexibility index (Phi) is 5.33. The van der Waals surface area contributed by atoms with Gasteiger partial charge in [-0.1, -0.05) is 24.3 Å². The van der Waals surface area contributed by atoms with E-state index in [1.165, 1.54) is 0 Å². The van der Waals surface area contributed by atoms with Gasteiger partial charge in [-0.2, -0.15) is 0 Å². The molecule has 0 unspecified atom stereocenters. The van der Waals surface area contributed by atoms with Crippen molar-refractivity contribution in [1.82, 2.24) is 9.80 Å². The van der Waals surface area contributed by atoms with Crippen LogP contribution >= 0.6 is 0 Å². The molecule has 1 saturated heterocycles. The molecule has 1 heterocycles. The van der Waals surface area contributed by atoms with E-state index in [0.29, 0.717) is 45.6 Å². The lowest BCUT2D eigenvalue weighted by molar-refractivity contribution is -0.139. The number of carbonyl (C=O) groups excluding carboxylic acids is 2.